The van der Waals surface area contributed by atoms with E-state index in [0.29, 0.717) is 5.88 Å². The van der Waals surface area contributed by atoms with Crippen molar-refractivity contribution in [3.8, 4) is 5.88 Å². The molecule has 13 heavy (non-hydrogen) atoms. The summed E-state index contributed by atoms with van der Waals surface area (Å²) in [5.41, 5.74) is 2.25. The van der Waals surface area contributed by atoms with E-state index in [4.69, 9.17) is 4.74 Å². The molecular weight excluding hydrogens is 164 g/mol. The third-order valence-electron chi connectivity index (χ3n) is 2.11. The predicted molar refractivity (Wildman–Crippen MR) is 53.0 cm³/mol. The van der Waals surface area contributed by atoms with Gasteiger partial charge in [0.05, 0.1) is 7.11 Å². The third-order valence-corrected chi connectivity index (χ3v) is 2.11. The highest BCUT2D eigenvalue weighted by molar-refractivity contribution is 5.31. The van der Waals surface area contributed by atoms with Crippen LogP contribution in [0.3, 0.4) is 0 Å². The lowest BCUT2D eigenvalue weighted by atomic mass is 10.1. The number of ether oxygens (including phenoxy) is 1. The van der Waals surface area contributed by atoms with Crippen molar-refractivity contribution < 1.29 is 4.74 Å². The summed E-state index contributed by atoms with van der Waals surface area (Å²) in [6.45, 7) is 4.11. The van der Waals surface area contributed by atoms with Gasteiger partial charge < -0.3 is 10.1 Å². The molecule has 0 spiro atoms. The zero-order valence-electron chi connectivity index (χ0n) is 8.59. The average Bonchev–Trinajstić information content (AvgIpc) is 2.16. The van der Waals surface area contributed by atoms with Crippen molar-refractivity contribution in [2.75, 3.05) is 14.2 Å². The molecule has 0 fully saturated rings. The topological polar surface area (TPSA) is 34.2 Å². The fraction of sp³-hybridized carbons (Fsp3) is 0.500. The normalized spacial score (nSPS) is 12.6. The summed E-state index contributed by atoms with van der Waals surface area (Å²) >= 11 is 0. The van der Waals surface area contributed by atoms with E-state index >= 15 is 0 Å². The van der Waals surface area contributed by atoms with Gasteiger partial charge in [0.15, 0.2) is 0 Å². The highest BCUT2D eigenvalue weighted by atomic mass is 16.5. The molecule has 3 nitrogen and oxygen atoms in total. The Balaban J connectivity index is 3.07. The summed E-state index contributed by atoms with van der Waals surface area (Å²) < 4.78 is 5.17. The number of pyridine rings is 1. The quantitative estimate of drug-likeness (QED) is 0.768. The van der Waals surface area contributed by atoms with Crippen LogP contribution in [0.2, 0.25) is 0 Å². The number of nitrogens with zero attached hydrogens (tertiary/aromatic N) is 1. The smallest absolute Gasteiger partial charge is 0.217 e. The molecule has 1 atom stereocenters. The highest BCUT2D eigenvalue weighted by Crippen LogP contribution is 2.22. The maximum atomic E-state index is 5.17. The predicted octanol–water partition coefficient (Wildman–Crippen LogP) is 1.68. The molecule has 0 aliphatic rings. The number of hydrogen-bond acceptors (Lipinski definition) is 3. The van der Waals surface area contributed by atoms with Gasteiger partial charge in [0, 0.05) is 17.8 Å². The Bertz CT molecular complexity index is 286. The van der Waals surface area contributed by atoms with Gasteiger partial charge in [-0.25, -0.2) is 4.98 Å². The van der Waals surface area contributed by atoms with Gasteiger partial charge in [0.2, 0.25) is 5.88 Å². The van der Waals surface area contributed by atoms with Gasteiger partial charge in [0.25, 0.3) is 0 Å². The van der Waals surface area contributed by atoms with Gasteiger partial charge in [-0.1, -0.05) is 0 Å². The minimum atomic E-state index is 0.266. The van der Waals surface area contributed by atoms with E-state index in [2.05, 4.69) is 23.3 Å². The number of aromatic nitrogens is 1. The molecular formula is C10H16N2O. The zero-order chi connectivity index (χ0) is 9.84. The van der Waals surface area contributed by atoms with Gasteiger partial charge in [-0.3, -0.25) is 0 Å². The van der Waals surface area contributed by atoms with E-state index in [-0.39, 0.29) is 6.04 Å². The molecule has 0 radical (unpaired) electrons. The first kappa shape index (κ1) is 9.99. The second kappa shape index (κ2) is 4.23. The van der Waals surface area contributed by atoms with Crippen LogP contribution in [0.15, 0.2) is 12.3 Å². The molecule has 1 N–H and O–H groups in total. The van der Waals surface area contributed by atoms with Crippen molar-refractivity contribution in [2.24, 2.45) is 0 Å². The molecule has 0 aromatic carbocycles. The Labute approximate surface area is 79.1 Å². The maximum absolute atomic E-state index is 5.17. The maximum Gasteiger partial charge on any atom is 0.217 e. The van der Waals surface area contributed by atoms with Crippen LogP contribution in [-0.4, -0.2) is 19.1 Å². The summed E-state index contributed by atoms with van der Waals surface area (Å²) in [6, 6.07) is 2.36. The Morgan fingerprint density at radius 1 is 1.54 bits per heavy atom. The van der Waals surface area contributed by atoms with Crippen LogP contribution in [0.5, 0.6) is 5.88 Å². The van der Waals surface area contributed by atoms with Crippen molar-refractivity contribution >= 4 is 0 Å². The summed E-state index contributed by atoms with van der Waals surface area (Å²) in [5.74, 6) is 0.701. The Morgan fingerprint density at radius 2 is 2.23 bits per heavy atom. The fourth-order valence-corrected chi connectivity index (χ4v) is 1.22. The van der Waals surface area contributed by atoms with E-state index < -0.39 is 0 Å². The highest BCUT2D eigenvalue weighted by Gasteiger charge is 2.10. The molecule has 0 aliphatic heterocycles. The lowest BCUT2D eigenvalue weighted by molar-refractivity contribution is 0.386. The average molecular weight is 180 g/mol. The minimum Gasteiger partial charge on any atom is -0.481 e. The largest absolute Gasteiger partial charge is 0.481 e. The van der Waals surface area contributed by atoms with Gasteiger partial charge in [-0.2, -0.15) is 0 Å². The molecule has 0 saturated carbocycles. The molecule has 0 bridgehead atoms. The monoisotopic (exact) mass is 180 g/mol. The van der Waals surface area contributed by atoms with Crippen LogP contribution in [0, 0.1) is 6.92 Å². The lowest BCUT2D eigenvalue weighted by Crippen LogP contribution is -2.14. The standard InChI is InChI=1S/C10H16N2O/c1-7-5-9(8(2)11-3)10(13-4)12-6-7/h5-6,8,11H,1-4H3. The zero-order valence-corrected chi connectivity index (χ0v) is 8.59. The van der Waals surface area contributed by atoms with Gasteiger partial charge in [-0.05, 0) is 32.5 Å². The number of aryl methyl sites for hydroxylation is 1. The molecule has 1 aromatic rings. The number of rotatable bonds is 3. The van der Waals surface area contributed by atoms with Crippen molar-refractivity contribution in [3.63, 3.8) is 0 Å². The third kappa shape index (κ3) is 2.18. The van der Waals surface area contributed by atoms with Crippen molar-refractivity contribution in [1.29, 1.82) is 0 Å². The first-order chi connectivity index (χ1) is 6.19. The summed E-state index contributed by atoms with van der Waals surface area (Å²) in [7, 11) is 3.57. The van der Waals surface area contributed by atoms with Gasteiger partial charge in [0.1, 0.15) is 0 Å². The van der Waals surface area contributed by atoms with Crippen LogP contribution in [-0.2, 0) is 0 Å². The van der Waals surface area contributed by atoms with Crippen LogP contribution >= 0.6 is 0 Å². The molecule has 3 heteroatoms. The number of nitrogens with one attached hydrogen (secondary N) is 1. The lowest BCUT2D eigenvalue weighted by Gasteiger charge is -2.14. The second-order valence-corrected chi connectivity index (χ2v) is 3.12. The first-order valence-corrected chi connectivity index (χ1v) is 4.36. The molecule has 0 amide bonds. The first-order valence-electron chi connectivity index (χ1n) is 4.36. The van der Waals surface area contributed by atoms with E-state index in [0.717, 1.165) is 11.1 Å². The molecule has 1 rings (SSSR count). The summed E-state index contributed by atoms with van der Waals surface area (Å²) in [4.78, 5) is 4.20. The van der Waals surface area contributed by atoms with E-state index in [1.165, 1.54) is 0 Å². The minimum absolute atomic E-state index is 0.266. The van der Waals surface area contributed by atoms with Crippen LogP contribution in [0.4, 0.5) is 0 Å². The van der Waals surface area contributed by atoms with Crippen LogP contribution < -0.4 is 10.1 Å². The molecule has 1 unspecified atom stereocenters. The van der Waals surface area contributed by atoms with E-state index in [9.17, 15) is 0 Å². The Hall–Kier alpha value is -1.09. The van der Waals surface area contributed by atoms with Crippen LogP contribution in [0.1, 0.15) is 24.1 Å². The van der Waals surface area contributed by atoms with Crippen molar-refractivity contribution in [2.45, 2.75) is 19.9 Å². The van der Waals surface area contributed by atoms with E-state index in [1.807, 2.05) is 20.2 Å². The molecule has 1 aromatic heterocycles. The van der Waals surface area contributed by atoms with Gasteiger partial charge >= 0.3 is 0 Å². The second-order valence-electron chi connectivity index (χ2n) is 3.12. The fourth-order valence-electron chi connectivity index (χ4n) is 1.22. The van der Waals surface area contributed by atoms with Crippen LogP contribution in [0.25, 0.3) is 0 Å². The molecule has 0 saturated heterocycles. The van der Waals surface area contributed by atoms with Crippen molar-refractivity contribution in [3.05, 3.63) is 23.4 Å². The Morgan fingerprint density at radius 3 is 2.77 bits per heavy atom. The number of methoxy groups -OCH3 is 1. The SMILES string of the molecule is CNC(C)c1cc(C)cnc1OC. The molecule has 1 heterocycles. The van der Waals surface area contributed by atoms with Crippen molar-refractivity contribution in [1.82, 2.24) is 10.3 Å². The molecule has 0 aliphatic carbocycles. The number of hydrogen-bond donors (Lipinski definition) is 1. The van der Waals surface area contributed by atoms with E-state index in [1.54, 1.807) is 7.11 Å². The molecule has 72 valence electrons. The Kier molecular flexibility index (Phi) is 3.25. The van der Waals surface area contributed by atoms with Gasteiger partial charge in [-0.15, -0.1) is 0 Å². The summed E-state index contributed by atoms with van der Waals surface area (Å²) in [6.07, 6.45) is 1.81. The summed E-state index contributed by atoms with van der Waals surface area (Å²) in [5, 5.41) is 3.16.